The van der Waals surface area contributed by atoms with Crippen LogP contribution in [0.4, 0.5) is 5.00 Å². The van der Waals surface area contributed by atoms with E-state index in [2.05, 4.69) is 19.2 Å². The summed E-state index contributed by atoms with van der Waals surface area (Å²) >= 11 is 2.46. The first-order valence-electron chi connectivity index (χ1n) is 8.30. The van der Waals surface area contributed by atoms with E-state index in [9.17, 15) is 14.8 Å². The van der Waals surface area contributed by atoms with Crippen LogP contribution in [0.15, 0.2) is 34.8 Å². The van der Waals surface area contributed by atoms with Gasteiger partial charge >= 0.3 is 5.97 Å². The number of thioether (sulfide) groups is 1. The van der Waals surface area contributed by atoms with E-state index < -0.39 is 5.97 Å². The highest BCUT2D eigenvalue weighted by molar-refractivity contribution is 7.99. The summed E-state index contributed by atoms with van der Waals surface area (Å²) in [7, 11) is 0. The van der Waals surface area contributed by atoms with Crippen LogP contribution < -0.4 is 10.0 Å². The Morgan fingerprint density at radius 2 is 2.15 bits per heavy atom. The van der Waals surface area contributed by atoms with Crippen molar-refractivity contribution < 1.29 is 19.1 Å². The topological polar surface area (TPSA) is 82.3 Å². The molecule has 0 aliphatic carbocycles. The van der Waals surface area contributed by atoms with Gasteiger partial charge in [-0.1, -0.05) is 13.8 Å². The number of ether oxygens (including phenoxy) is 1. The molecule has 2 aromatic rings. The van der Waals surface area contributed by atoms with Crippen LogP contribution in [-0.2, 0) is 16.0 Å². The molecule has 0 radical (unpaired) electrons. The van der Waals surface area contributed by atoms with Crippen molar-refractivity contribution in [2.75, 3.05) is 17.7 Å². The first-order valence-corrected chi connectivity index (χ1v) is 10.2. The summed E-state index contributed by atoms with van der Waals surface area (Å²) in [6.45, 7) is 6.16. The van der Waals surface area contributed by atoms with E-state index in [0.29, 0.717) is 26.2 Å². The Labute approximate surface area is 161 Å². The van der Waals surface area contributed by atoms with Crippen LogP contribution in [0.2, 0.25) is 0 Å². The van der Waals surface area contributed by atoms with Gasteiger partial charge in [-0.15, -0.1) is 11.3 Å². The van der Waals surface area contributed by atoms with Crippen molar-refractivity contribution in [3.63, 3.8) is 0 Å². The molecule has 6 nitrogen and oxygen atoms in total. The lowest BCUT2D eigenvalue weighted by Gasteiger charge is -2.09. The Kier molecular flexibility index (Phi) is 7.47. The summed E-state index contributed by atoms with van der Waals surface area (Å²) in [6.07, 6.45) is 2.12. The Balaban J connectivity index is 2.09. The van der Waals surface area contributed by atoms with Gasteiger partial charge in [0, 0.05) is 12.1 Å². The zero-order valence-corrected chi connectivity index (χ0v) is 16.6. The van der Waals surface area contributed by atoms with Gasteiger partial charge in [-0.3, -0.25) is 4.79 Å². The van der Waals surface area contributed by atoms with Gasteiger partial charge in [0.2, 0.25) is 5.91 Å². The second kappa shape index (κ2) is 9.59. The van der Waals surface area contributed by atoms with Gasteiger partial charge in [0.05, 0.1) is 17.9 Å². The lowest BCUT2D eigenvalue weighted by molar-refractivity contribution is -0.645. The summed E-state index contributed by atoms with van der Waals surface area (Å²) in [5.41, 5.74) is 1.31. The average molecular weight is 395 g/mol. The normalized spacial score (nSPS) is 10.8. The maximum Gasteiger partial charge on any atom is 0.341 e. The Morgan fingerprint density at radius 1 is 1.38 bits per heavy atom. The van der Waals surface area contributed by atoms with Gasteiger partial charge in [0.1, 0.15) is 5.00 Å². The van der Waals surface area contributed by atoms with E-state index in [1.165, 1.54) is 17.5 Å². The molecule has 1 N–H and O–H groups in total. The molecule has 2 heterocycles. The lowest BCUT2D eigenvalue weighted by Crippen LogP contribution is -2.28. The fourth-order valence-corrected chi connectivity index (χ4v) is 4.02. The molecule has 2 aromatic heterocycles. The van der Waals surface area contributed by atoms with E-state index in [1.807, 2.05) is 5.38 Å². The molecule has 0 aromatic carbocycles. The molecule has 0 spiro atoms. The van der Waals surface area contributed by atoms with Crippen molar-refractivity contribution in [1.82, 2.24) is 0 Å². The molecule has 0 unspecified atom stereocenters. The fraction of sp³-hybridized carbons (Fsp3) is 0.389. The molecule has 1 amide bonds. The van der Waals surface area contributed by atoms with Crippen molar-refractivity contribution >= 4 is 40.0 Å². The number of aromatic nitrogens is 1. The van der Waals surface area contributed by atoms with Crippen molar-refractivity contribution in [1.29, 1.82) is 0 Å². The van der Waals surface area contributed by atoms with Crippen molar-refractivity contribution in [2.24, 2.45) is 5.92 Å². The van der Waals surface area contributed by atoms with Crippen LogP contribution in [0.5, 0.6) is 0 Å². The number of carbonyl (C=O) groups is 2. The lowest BCUT2D eigenvalue weighted by atomic mass is 10.0. The van der Waals surface area contributed by atoms with E-state index >= 15 is 0 Å². The zero-order chi connectivity index (χ0) is 19.1. The molecular weight excluding hydrogens is 372 g/mol. The molecule has 0 saturated carbocycles. The quantitative estimate of drug-likeness (QED) is 0.321. The molecule has 0 aliphatic rings. The summed E-state index contributed by atoms with van der Waals surface area (Å²) in [6, 6.07) is 5.02. The predicted octanol–water partition coefficient (Wildman–Crippen LogP) is 3.49. The first-order chi connectivity index (χ1) is 12.4. The second-order valence-electron chi connectivity index (χ2n) is 5.99. The summed E-state index contributed by atoms with van der Waals surface area (Å²) < 4.78 is 5.86. The van der Waals surface area contributed by atoms with E-state index in [1.54, 1.807) is 25.1 Å². The van der Waals surface area contributed by atoms with Gasteiger partial charge in [-0.05, 0) is 48.0 Å². The van der Waals surface area contributed by atoms with Gasteiger partial charge in [0.15, 0.2) is 6.20 Å². The third-order valence-electron chi connectivity index (χ3n) is 3.37. The average Bonchev–Trinajstić information content (AvgIpc) is 2.96. The van der Waals surface area contributed by atoms with Gasteiger partial charge in [-0.2, -0.15) is 4.73 Å². The molecule has 0 fully saturated rings. The minimum atomic E-state index is -0.423. The predicted molar refractivity (Wildman–Crippen MR) is 104 cm³/mol. The molecule has 8 heteroatoms. The first kappa shape index (κ1) is 20.3. The van der Waals surface area contributed by atoms with Crippen LogP contribution in [0.3, 0.4) is 0 Å². The van der Waals surface area contributed by atoms with Gasteiger partial charge < -0.3 is 15.3 Å². The second-order valence-corrected chi connectivity index (χ2v) is 7.86. The monoisotopic (exact) mass is 394 g/mol. The van der Waals surface area contributed by atoms with Crippen molar-refractivity contribution in [2.45, 2.75) is 32.2 Å². The van der Waals surface area contributed by atoms with E-state index in [4.69, 9.17) is 4.74 Å². The molecule has 140 valence electrons. The van der Waals surface area contributed by atoms with Crippen LogP contribution in [0.25, 0.3) is 0 Å². The minimum absolute atomic E-state index is 0.0753. The Bertz CT molecular complexity index is 774. The number of rotatable bonds is 8. The molecule has 26 heavy (non-hydrogen) atoms. The Hall–Kier alpha value is -2.06. The number of carbonyl (C=O) groups excluding carboxylic acids is 2. The number of hydrogen-bond donors (Lipinski definition) is 1. The smallest absolute Gasteiger partial charge is 0.341 e. The number of hydrogen-bond acceptors (Lipinski definition) is 6. The summed E-state index contributed by atoms with van der Waals surface area (Å²) in [5, 5.41) is 17.2. The number of thiophene rings is 1. The van der Waals surface area contributed by atoms with Crippen LogP contribution in [0.1, 0.15) is 36.7 Å². The van der Waals surface area contributed by atoms with Crippen LogP contribution in [-0.4, -0.2) is 24.2 Å². The van der Waals surface area contributed by atoms with Gasteiger partial charge in [-0.25, -0.2) is 4.79 Å². The van der Waals surface area contributed by atoms with Crippen LogP contribution >= 0.6 is 23.1 Å². The minimum Gasteiger partial charge on any atom is -0.618 e. The zero-order valence-electron chi connectivity index (χ0n) is 15.0. The standard InChI is InChI=1S/C18H22N2O4S2/c1-4-24-18(22)16-13(9-12(2)3)10-26-17(16)19-14(21)11-25-15-7-5-6-8-20(15)23/h5-8,10,12H,4,9,11H2,1-3H3,(H,19,21). The van der Waals surface area contributed by atoms with E-state index in [-0.39, 0.29) is 18.3 Å². The van der Waals surface area contributed by atoms with Gasteiger partial charge in [0.25, 0.3) is 5.03 Å². The van der Waals surface area contributed by atoms with Crippen LogP contribution in [0, 0.1) is 11.1 Å². The molecule has 0 saturated heterocycles. The molecule has 0 bridgehead atoms. The highest BCUT2D eigenvalue weighted by atomic mass is 32.2. The third-order valence-corrected chi connectivity index (χ3v) is 5.33. The SMILES string of the molecule is CCOC(=O)c1c(CC(C)C)csc1NC(=O)CSc1cccc[n+]1[O-]. The van der Waals surface area contributed by atoms with Crippen molar-refractivity contribution in [3.05, 3.63) is 46.1 Å². The molecule has 0 atom stereocenters. The number of esters is 1. The maximum absolute atomic E-state index is 12.3. The number of amides is 1. The highest BCUT2D eigenvalue weighted by Crippen LogP contribution is 2.31. The Morgan fingerprint density at radius 3 is 2.81 bits per heavy atom. The fourth-order valence-electron chi connectivity index (χ4n) is 2.33. The number of anilines is 1. The highest BCUT2D eigenvalue weighted by Gasteiger charge is 2.22. The third kappa shape index (κ3) is 5.47. The molecule has 0 aliphatic heterocycles. The summed E-state index contributed by atoms with van der Waals surface area (Å²) in [5.74, 6) is -0.246. The number of nitrogens with zero attached hydrogens (tertiary/aromatic N) is 1. The van der Waals surface area contributed by atoms with E-state index in [0.717, 1.165) is 23.7 Å². The number of pyridine rings is 1. The maximum atomic E-state index is 12.3. The molecule has 2 rings (SSSR count). The molecular formula is C18H22N2O4S2. The summed E-state index contributed by atoms with van der Waals surface area (Å²) in [4.78, 5) is 24.6. The van der Waals surface area contributed by atoms with Crippen molar-refractivity contribution in [3.8, 4) is 0 Å². The largest absolute Gasteiger partial charge is 0.618 e. The number of nitrogens with one attached hydrogen (secondary N) is 1.